The highest BCUT2D eigenvalue weighted by Crippen LogP contribution is 2.39. The summed E-state index contributed by atoms with van der Waals surface area (Å²) < 4.78 is 10.8. The van der Waals surface area contributed by atoms with Gasteiger partial charge in [0.1, 0.15) is 23.9 Å². The third-order valence-electron chi connectivity index (χ3n) is 6.02. The van der Waals surface area contributed by atoms with Crippen LogP contribution in [0.3, 0.4) is 0 Å². The SMILES string of the molecule is C=CCOc1ccc([C@@H]2C(=C(O)c3ccc(OC)cc3)C(=O)C(=O)N2CCN(CC)CC)cc1. The molecule has 1 aliphatic heterocycles. The van der Waals surface area contributed by atoms with E-state index in [4.69, 9.17) is 9.47 Å². The fourth-order valence-corrected chi connectivity index (χ4v) is 4.05. The summed E-state index contributed by atoms with van der Waals surface area (Å²) in [7, 11) is 1.55. The van der Waals surface area contributed by atoms with Gasteiger partial charge in [-0.25, -0.2) is 0 Å². The van der Waals surface area contributed by atoms with Crippen LogP contribution < -0.4 is 9.47 Å². The number of Topliss-reactive ketones (excluding diaryl/α,β-unsaturated/α-hetero) is 1. The van der Waals surface area contributed by atoms with Crippen LogP contribution in [-0.4, -0.2) is 66.5 Å². The minimum Gasteiger partial charge on any atom is -0.507 e. The van der Waals surface area contributed by atoms with Crippen LogP contribution in [-0.2, 0) is 9.59 Å². The number of carbonyl (C=O) groups excluding carboxylic acids is 2. The lowest BCUT2D eigenvalue weighted by Gasteiger charge is -2.28. The molecule has 180 valence electrons. The van der Waals surface area contributed by atoms with Gasteiger partial charge in [0.2, 0.25) is 0 Å². The normalized spacial score (nSPS) is 17.3. The molecule has 0 radical (unpaired) electrons. The van der Waals surface area contributed by atoms with Crippen molar-refractivity contribution in [3.8, 4) is 11.5 Å². The van der Waals surface area contributed by atoms with Gasteiger partial charge in [-0.1, -0.05) is 38.6 Å². The number of hydrogen-bond acceptors (Lipinski definition) is 6. The Morgan fingerprint density at radius 1 is 1.06 bits per heavy atom. The molecule has 1 heterocycles. The number of ether oxygens (including phenoxy) is 2. The monoisotopic (exact) mass is 464 g/mol. The highest BCUT2D eigenvalue weighted by atomic mass is 16.5. The second kappa shape index (κ2) is 11.5. The Bertz CT molecular complexity index is 1040. The summed E-state index contributed by atoms with van der Waals surface area (Å²) in [6.45, 7) is 10.8. The lowest BCUT2D eigenvalue weighted by atomic mass is 9.95. The topological polar surface area (TPSA) is 79.3 Å². The van der Waals surface area contributed by atoms with E-state index in [1.165, 1.54) is 0 Å². The van der Waals surface area contributed by atoms with E-state index in [0.29, 0.717) is 36.8 Å². The number of ketones is 1. The molecule has 1 amide bonds. The largest absolute Gasteiger partial charge is 0.507 e. The molecule has 0 unspecified atom stereocenters. The van der Waals surface area contributed by atoms with Crippen molar-refractivity contribution in [3.05, 3.63) is 77.9 Å². The number of amides is 1. The molecular weight excluding hydrogens is 432 g/mol. The molecule has 0 saturated carbocycles. The molecule has 7 nitrogen and oxygen atoms in total. The van der Waals surface area contributed by atoms with Gasteiger partial charge in [0, 0.05) is 18.7 Å². The summed E-state index contributed by atoms with van der Waals surface area (Å²) in [6, 6.07) is 13.3. The van der Waals surface area contributed by atoms with Gasteiger partial charge in [-0.3, -0.25) is 9.59 Å². The summed E-state index contributed by atoms with van der Waals surface area (Å²) in [5, 5.41) is 11.2. The van der Waals surface area contributed by atoms with Gasteiger partial charge in [-0.15, -0.1) is 0 Å². The van der Waals surface area contributed by atoms with Crippen LogP contribution in [0.2, 0.25) is 0 Å². The maximum absolute atomic E-state index is 13.1. The number of likely N-dealkylation sites (N-methyl/N-ethyl adjacent to an activating group) is 1. The minimum atomic E-state index is -0.703. The highest BCUT2D eigenvalue weighted by Gasteiger charge is 2.45. The molecule has 2 aromatic carbocycles. The lowest BCUT2D eigenvalue weighted by molar-refractivity contribution is -0.140. The van der Waals surface area contributed by atoms with Crippen molar-refractivity contribution in [2.75, 3.05) is 39.9 Å². The highest BCUT2D eigenvalue weighted by molar-refractivity contribution is 6.46. The molecule has 0 aromatic heterocycles. The zero-order valence-electron chi connectivity index (χ0n) is 20.0. The second-order valence-electron chi connectivity index (χ2n) is 7.92. The van der Waals surface area contributed by atoms with Gasteiger partial charge in [-0.05, 0) is 55.1 Å². The Labute approximate surface area is 200 Å². The summed E-state index contributed by atoms with van der Waals surface area (Å²) >= 11 is 0. The van der Waals surface area contributed by atoms with Crippen LogP contribution >= 0.6 is 0 Å². The van der Waals surface area contributed by atoms with E-state index in [2.05, 4.69) is 25.3 Å². The zero-order chi connectivity index (χ0) is 24.7. The van der Waals surface area contributed by atoms with E-state index in [-0.39, 0.29) is 11.3 Å². The number of hydrogen-bond donors (Lipinski definition) is 1. The Kier molecular flexibility index (Phi) is 8.49. The first kappa shape index (κ1) is 25.1. The summed E-state index contributed by atoms with van der Waals surface area (Å²) in [6.07, 6.45) is 1.66. The van der Waals surface area contributed by atoms with Crippen molar-refractivity contribution in [3.63, 3.8) is 0 Å². The first-order valence-electron chi connectivity index (χ1n) is 11.4. The number of likely N-dealkylation sites (tertiary alicyclic amines) is 1. The van der Waals surface area contributed by atoms with E-state index in [1.54, 1.807) is 54.5 Å². The maximum atomic E-state index is 13.1. The van der Waals surface area contributed by atoms with Crippen molar-refractivity contribution in [2.24, 2.45) is 0 Å². The molecule has 1 saturated heterocycles. The fourth-order valence-electron chi connectivity index (χ4n) is 4.05. The molecule has 1 aliphatic rings. The zero-order valence-corrected chi connectivity index (χ0v) is 20.0. The Morgan fingerprint density at radius 3 is 2.24 bits per heavy atom. The number of nitrogens with zero attached hydrogens (tertiary/aromatic N) is 2. The number of aliphatic hydroxyl groups excluding tert-OH is 1. The Hall–Kier alpha value is -3.58. The lowest BCUT2D eigenvalue weighted by Crippen LogP contribution is -2.38. The van der Waals surface area contributed by atoms with Crippen molar-refractivity contribution >= 4 is 17.4 Å². The molecule has 0 bridgehead atoms. The van der Waals surface area contributed by atoms with E-state index in [1.807, 2.05) is 12.1 Å². The predicted molar refractivity (Wildman–Crippen MR) is 132 cm³/mol. The number of rotatable bonds is 11. The molecule has 34 heavy (non-hydrogen) atoms. The van der Waals surface area contributed by atoms with E-state index in [0.717, 1.165) is 18.7 Å². The number of methoxy groups -OCH3 is 1. The quantitative estimate of drug-likeness (QED) is 0.234. The fraction of sp³-hybridized carbons (Fsp3) is 0.333. The van der Waals surface area contributed by atoms with Crippen LogP contribution in [0.4, 0.5) is 0 Å². The smallest absolute Gasteiger partial charge is 0.295 e. The number of benzene rings is 2. The van der Waals surface area contributed by atoms with Gasteiger partial charge in [-0.2, -0.15) is 0 Å². The van der Waals surface area contributed by atoms with Gasteiger partial charge in [0.25, 0.3) is 11.7 Å². The second-order valence-corrected chi connectivity index (χ2v) is 7.92. The summed E-state index contributed by atoms with van der Waals surface area (Å²) in [5.74, 6) is -0.228. The Balaban J connectivity index is 2.05. The van der Waals surface area contributed by atoms with Gasteiger partial charge >= 0.3 is 0 Å². The summed E-state index contributed by atoms with van der Waals surface area (Å²) in [4.78, 5) is 30.0. The molecule has 0 aliphatic carbocycles. The molecule has 1 atom stereocenters. The average Bonchev–Trinajstić information content (AvgIpc) is 3.13. The van der Waals surface area contributed by atoms with Gasteiger partial charge in [0.05, 0.1) is 18.7 Å². The third-order valence-corrected chi connectivity index (χ3v) is 6.02. The van der Waals surface area contributed by atoms with Crippen LogP contribution in [0.1, 0.15) is 31.0 Å². The average molecular weight is 465 g/mol. The number of aliphatic hydroxyl groups is 1. The minimum absolute atomic E-state index is 0.0782. The van der Waals surface area contributed by atoms with Crippen LogP contribution in [0.5, 0.6) is 11.5 Å². The molecule has 0 spiro atoms. The summed E-state index contributed by atoms with van der Waals surface area (Å²) in [5.41, 5.74) is 1.24. The Morgan fingerprint density at radius 2 is 1.68 bits per heavy atom. The van der Waals surface area contributed by atoms with E-state index >= 15 is 0 Å². The van der Waals surface area contributed by atoms with Gasteiger partial charge < -0.3 is 24.4 Å². The molecule has 1 fully saturated rings. The van der Waals surface area contributed by atoms with Crippen molar-refractivity contribution < 1.29 is 24.2 Å². The standard InChI is InChI=1S/C27H32N2O5/c1-5-18-34-22-14-8-19(9-15-22)24-23(25(30)20-10-12-21(33-4)13-11-20)26(31)27(32)29(24)17-16-28(6-2)7-3/h5,8-15,24,30H,1,6-7,16-18H2,2-4H3/t24-/m1/s1. The van der Waals surface area contributed by atoms with Crippen molar-refractivity contribution in [1.29, 1.82) is 0 Å². The van der Waals surface area contributed by atoms with Crippen LogP contribution in [0.25, 0.3) is 5.76 Å². The van der Waals surface area contributed by atoms with Crippen molar-refractivity contribution in [1.82, 2.24) is 9.80 Å². The third kappa shape index (κ3) is 5.31. The molecule has 3 rings (SSSR count). The predicted octanol–water partition coefficient (Wildman–Crippen LogP) is 4.02. The van der Waals surface area contributed by atoms with Gasteiger partial charge in [0.15, 0.2) is 0 Å². The molecule has 7 heteroatoms. The first-order valence-corrected chi connectivity index (χ1v) is 11.4. The van der Waals surface area contributed by atoms with Crippen molar-refractivity contribution in [2.45, 2.75) is 19.9 Å². The first-order chi connectivity index (χ1) is 16.4. The number of carbonyl (C=O) groups is 2. The van der Waals surface area contributed by atoms with E-state index < -0.39 is 17.7 Å². The molecule has 2 aromatic rings. The molecule has 1 N–H and O–H groups in total. The van der Waals surface area contributed by atoms with Crippen LogP contribution in [0.15, 0.2) is 66.8 Å². The maximum Gasteiger partial charge on any atom is 0.295 e. The molecular formula is C27H32N2O5. The van der Waals surface area contributed by atoms with E-state index in [9.17, 15) is 14.7 Å². The van der Waals surface area contributed by atoms with Crippen LogP contribution in [0, 0.1) is 0 Å².